The van der Waals surface area contributed by atoms with Crippen LogP contribution in [-0.2, 0) is 0 Å². The van der Waals surface area contributed by atoms with Gasteiger partial charge in [-0.1, -0.05) is 108 Å². The highest BCUT2D eigenvalue weighted by molar-refractivity contribution is 6.68. The van der Waals surface area contributed by atoms with Crippen LogP contribution in [0.2, 0.25) is 0 Å². The van der Waals surface area contributed by atoms with Gasteiger partial charge in [-0.25, -0.2) is 0 Å². The summed E-state index contributed by atoms with van der Waals surface area (Å²) in [5.74, 6) is 0. The van der Waals surface area contributed by atoms with Gasteiger partial charge in [-0.05, 0) is 12.8 Å². The zero-order chi connectivity index (χ0) is 17.2. The molecule has 134 valence electrons. The Morgan fingerprint density at radius 1 is 0.500 bits per heavy atom. The van der Waals surface area contributed by atoms with E-state index in [9.17, 15) is 0 Å². The molecule has 0 nitrogen and oxygen atoms in total. The molecule has 0 aliphatic rings. The second-order valence-corrected chi connectivity index (χ2v) is 11.8. The maximum Gasteiger partial charge on any atom is 0.192 e. The van der Waals surface area contributed by atoms with Gasteiger partial charge in [-0.3, -0.25) is 0 Å². The normalized spacial score (nSPS) is 15.8. The highest BCUT2D eigenvalue weighted by atomic mass is 35.6. The first-order chi connectivity index (χ1) is 9.99. The molecule has 2 atom stereocenters. The summed E-state index contributed by atoms with van der Waals surface area (Å²) < 4.78 is -2.51. The summed E-state index contributed by atoms with van der Waals surface area (Å²) in [5.41, 5.74) is 0. The van der Waals surface area contributed by atoms with Crippen LogP contribution in [-0.4, -0.2) is 18.3 Å². The van der Waals surface area contributed by atoms with Crippen LogP contribution in [0.3, 0.4) is 0 Å². The lowest BCUT2D eigenvalue weighted by Gasteiger charge is -2.15. The average Bonchev–Trinajstić information content (AvgIpc) is 2.27. The number of alkyl halides is 8. The van der Waals surface area contributed by atoms with E-state index in [-0.39, 0.29) is 10.8 Å². The highest BCUT2D eigenvalue weighted by Gasteiger charge is 2.24. The number of halogens is 8. The summed E-state index contributed by atoms with van der Waals surface area (Å²) in [5, 5.41) is -0.155. The van der Waals surface area contributed by atoms with E-state index in [1.54, 1.807) is 0 Å². The molecule has 22 heavy (non-hydrogen) atoms. The largest absolute Gasteiger partial charge is 0.192 e. The molecule has 0 aliphatic carbocycles. The van der Waals surface area contributed by atoms with Crippen molar-refractivity contribution in [1.82, 2.24) is 0 Å². The van der Waals surface area contributed by atoms with Gasteiger partial charge in [-0.2, -0.15) is 0 Å². The van der Waals surface area contributed by atoms with Gasteiger partial charge in [0.05, 0.1) is 0 Å². The van der Waals surface area contributed by atoms with Crippen molar-refractivity contribution in [2.45, 2.75) is 82.5 Å². The summed E-state index contributed by atoms with van der Waals surface area (Å²) in [4.78, 5) is 0. The average molecular weight is 474 g/mol. The first-order valence-corrected chi connectivity index (χ1v) is 10.6. The Bertz CT molecular complexity index is 243. The van der Waals surface area contributed by atoms with Crippen molar-refractivity contribution in [2.75, 3.05) is 0 Å². The van der Waals surface area contributed by atoms with E-state index < -0.39 is 7.59 Å². The summed E-state index contributed by atoms with van der Waals surface area (Å²) >= 11 is 46.4. The van der Waals surface area contributed by atoms with Crippen LogP contribution >= 0.6 is 92.8 Å². The van der Waals surface area contributed by atoms with E-state index in [4.69, 9.17) is 92.8 Å². The van der Waals surface area contributed by atoms with Gasteiger partial charge in [0.1, 0.15) is 0 Å². The van der Waals surface area contributed by atoms with Crippen molar-refractivity contribution in [2.24, 2.45) is 0 Å². The van der Waals surface area contributed by atoms with Gasteiger partial charge in [0.15, 0.2) is 7.59 Å². The van der Waals surface area contributed by atoms with Gasteiger partial charge in [0.25, 0.3) is 0 Å². The minimum absolute atomic E-state index is 0.0774. The van der Waals surface area contributed by atoms with Gasteiger partial charge >= 0.3 is 0 Å². The Morgan fingerprint density at radius 3 is 1.05 bits per heavy atom. The standard InChI is InChI=1S/C14H22Cl8/c15-11(9-13(17,18)19)7-5-3-1-2-4-6-8-12(16)10-14(20,21)22/h11-12H,1-10H2. The molecule has 0 N–H and O–H groups in total. The molecule has 0 aromatic rings. The van der Waals surface area contributed by atoms with Crippen LogP contribution in [0.4, 0.5) is 0 Å². The van der Waals surface area contributed by atoms with E-state index in [2.05, 4.69) is 0 Å². The third-order valence-electron chi connectivity index (χ3n) is 3.19. The fourth-order valence-electron chi connectivity index (χ4n) is 2.15. The topological polar surface area (TPSA) is 0 Å². The quantitative estimate of drug-likeness (QED) is 0.207. The van der Waals surface area contributed by atoms with Gasteiger partial charge in [0.2, 0.25) is 0 Å². The molecule has 2 unspecified atom stereocenters. The molecule has 0 rings (SSSR count). The van der Waals surface area contributed by atoms with Crippen LogP contribution in [0.15, 0.2) is 0 Å². The summed E-state index contributed by atoms with van der Waals surface area (Å²) in [7, 11) is 0. The Balaban J connectivity index is 3.41. The molecule has 0 saturated heterocycles. The molecule has 0 aliphatic heterocycles. The Kier molecular flexibility index (Phi) is 14.0. The lowest BCUT2D eigenvalue weighted by molar-refractivity contribution is 0.546. The predicted octanol–water partition coefficient (Wildman–Crippen LogP) is 8.84. The van der Waals surface area contributed by atoms with Crippen molar-refractivity contribution >= 4 is 92.8 Å². The molecule has 0 amide bonds. The third-order valence-corrected chi connectivity index (χ3v) is 4.86. The second kappa shape index (κ2) is 12.6. The smallest absolute Gasteiger partial charge is 0.123 e. The third kappa shape index (κ3) is 18.7. The van der Waals surface area contributed by atoms with Crippen LogP contribution in [0.1, 0.15) is 64.2 Å². The molecule has 0 spiro atoms. The first kappa shape index (κ1) is 24.3. The fraction of sp³-hybridized carbons (Fsp3) is 1.00. The molecular formula is C14H22Cl8. The maximum atomic E-state index is 6.12. The highest BCUT2D eigenvalue weighted by Crippen LogP contribution is 2.35. The fourth-order valence-corrected chi connectivity index (χ4v) is 4.51. The zero-order valence-electron chi connectivity index (χ0n) is 12.2. The molecule has 8 heteroatoms. The molecule has 0 aromatic heterocycles. The van der Waals surface area contributed by atoms with Crippen LogP contribution in [0, 0.1) is 0 Å². The Morgan fingerprint density at radius 2 is 0.773 bits per heavy atom. The summed E-state index contributed by atoms with van der Waals surface area (Å²) in [6, 6.07) is 0. The van der Waals surface area contributed by atoms with E-state index in [1.807, 2.05) is 0 Å². The Labute approximate surface area is 174 Å². The first-order valence-electron chi connectivity index (χ1n) is 7.41. The summed E-state index contributed by atoms with van der Waals surface area (Å²) in [6.07, 6.45) is 9.28. The van der Waals surface area contributed by atoms with Crippen molar-refractivity contribution < 1.29 is 0 Å². The summed E-state index contributed by atoms with van der Waals surface area (Å²) in [6.45, 7) is 0. The SMILES string of the molecule is ClC(CCCCCCCCC(Cl)CC(Cl)(Cl)Cl)CC(Cl)(Cl)Cl. The minimum Gasteiger partial charge on any atom is -0.123 e. The monoisotopic (exact) mass is 470 g/mol. The van der Waals surface area contributed by atoms with Crippen molar-refractivity contribution in [3.05, 3.63) is 0 Å². The maximum absolute atomic E-state index is 6.12. The molecule has 0 bridgehead atoms. The van der Waals surface area contributed by atoms with E-state index in [1.165, 1.54) is 12.8 Å². The zero-order valence-corrected chi connectivity index (χ0v) is 18.3. The van der Waals surface area contributed by atoms with Crippen LogP contribution in [0.25, 0.3) is 0 Å². The molecule has 0 radical (unpaired) electrons. The van der Waals surface area contributed by atoms with Crippen molar-refractivity contribution in [1.29, 1.82) is 0 Å². The van der Waals surface area contributed by atoms with Gasteiger partial charge in [0, 0.05) is 23.6 Å². The molecular weight excluding hydrogens is 452 g/mol. The van der Waals surface area contributed by atoms with Crippen LogP contribution in [0.5, 0.6) is 0 Å². The van der Waals surface area contributed by atoms with Crippen LogP contribution < -0.4 is 0 Å². The van der Waals surface area contributed by atoms with Gasteiger partial charge in [-0.15, -0.1) is 23.2 Å². The number of hydrogen-bond donors (Lipinski definition) is 0. The minimum atomic E-state index is -1.25. The van der Waals surface area contributed by atoms with Crippen molar-refractivity contribution in [3.63, 3.8) is 0 Å². The molecule has 0 aromatic carbocycles. The molecule has 0 fully saturated rings. The number of hydrogen-bond acceptors (Lipinski definition) is 0. The molecule has 0 saturated carbocycles. The molecule has 0 heterocycles. The lowest BCUT2D eigenvalue weighted by atomic mass is 10.1. The number of rotatable bonds is 11. The lowest BCUT2D eigenvalue weighted by Crippen LogP contribution is -2.11. The Hall–Kier alpha value is 2.32. The van der Waals surface area contributed by atoms with Crippen molar-refractivity contribution in [3.8, 4) is 0 Å². The second-order valence-electron chi connectivity index (χ2n) is 5.53. The van der Waals surface area contributed by atoms with Gasteiger partial charge < -0.3 is 0 Å². The van der Waals surface area contributed by atoms with E-state index in [0.29, 0.717) is 12.8 Å². The number of unbranched alkanes of at least 4 members (excludes halogenated alkanes) is 5. The predicted molar refractivity (Wildman–Crippen MR) is 106 cm³/mol. The van der Waals surface area contributed by atoms with E-state index >= 15 is 0 Å². The van der Waals surface area contributed by atoms with E-state index in [0.717, 1.165) is 38.5 Å².